The maximum atomic E-state index is 12.6. The normalized spacial score (nSPS) is 12.7. The Balaban J connectivity index is 1.87. The molecule has 3 aromatic rings. The Kier molecular flexibility index (Phi) is 4.33. The summed E-state index contributed by atoms with van der Waals surface area (Å²) in [4.78, 5) is 27.8. The van der Waals surface area contributed by atoms with E-state index in [9.17, 15) is 27.9 Å². The van der Waals surface area contributed by atoms with Crippen LogP contribution in [-0.2, 0) is 11.0 Å². The molecule has 134 valence electrons. The Morgan fingerprint density at radius 2 is 1.85 bits per heavy atom. The largest absolute Gasteiger partial charge is 0.479 e. The van der Waals surface area contributed by atoms with Gasteiger partial charge in [0, 0.05) is 6.20 Å². The molecule has 0 aliphatic rings. The van der Waals surface area contributed by atoms with E-state index in [0.717, 1.165) is 24.3 Å². The van der Waals surface area contributed by atoms with Gasteiger partial charge >= 0.3 is 12.1 Å². The molecule has 10 heteroatoms. The van der Waals surface area contributed by atoms with Crippen LogP contribution in [0.3, 0.4) is 0 Å². The van der Waals surface area contributed by atoms with Gasteiger partial charge < -0.3 is 10.4 Å². The van der Waals surface area contributed by atoms with Gasteiger partial charge in [0.25, 0.3) is 5.91 Å². The molecule has 2 aromatic heterocycles. The maximum Gasteiger partial charge on any atom is 0.416 e. The second-order valence-corrected chi connectivity index (χ2v) is 5.34. The summed E-state index contributed by atoms with van der Waals surface area (Å²) in [6.45, 7) is 0. The number of nitrogens with zero attached hydrogens (tertiary/aromatic N) is 2. The van der Waals surface area contributed by atoms with Gasteiger partial charge in [-0.1, -0.05) is 12.1 Å². The lowest BCUT2D eigenvalue weighted by Crippen LogP contribution is -2.34. The first-order chi connectivity index (χ1) is 12.3. The van der Waals surface area contributed by atoms with Crippen molar-refractivity contribution in [1.82, 2.24) is 20.5 Å². The summed E-state index contributed by atoms with van der Waals surface area (Å²) >= 11 is 0. The minimum atomic E-state index is -4.54. The predicted octanol–water partition coefficient (Wildman–Crippen LogP) is 2.53. The maximum absolute atomic E-state index is 12.6. The highest BCUT2D eigenvalue weighted by Gasteiger charge is 2.31. The molecule has 0 radical (unpaired) electrons. The smallest absolute Gasteiger partial charge is 0.416 e. The second kappa shape index (κ2) is 6.47. The number of aliphatic carboxylic acids is 1. The van der Waals surface area contributed by atoms with Gasteiger partial charge in [0.15, 0.2) is 11.7 Å². The number of hydrogen-bond acceptors (Lipinski definition) is 4. The number of H-pyrrole nitrogens is 1. The number of hydrogen-bond donors (Lipinski definition) is 3. The summed E-state index contributed by atoms with van der Waals surface area (Å²) in [7, 11) is 0. The number of fused-ring (bicyclic) bond motifs is 1. The van der Waals surface area contributed by atoms with Crippen molar-refractivity contribution in [1.29, 1.82) is 0 Å². The van der Waals surface area contributed by atoms with Gasteiger partial charge in [-0.05, 0) is 29.8 Å². The highest BCUT2D eigenvalue weighted by Crippen LogP contribution is 2.30. The summed E-state index contributed by atoms with van der Waals surface area (Å²) in [5, 5.41) is 18.3. The van der Waals surface area contributed by atoms with Crippen molar-refractivity contribution in [3.8, 4) is 0 Å². The first-order valence-electron chi connectivity index (χ1n) is 7.27. The molecule has 0 saturated carbocycles. The molecule has 1 atom stereocenters. The number of benzene rings is 1. The fourth-order valence-corrected chi connectivity index (χ4v) is 2.38. The number of carboxylic acids is 1. The zero-order chi connectivity index (χ0) is 18.9. The first-order valence-corrected chi connectivity index (χ1v) is 7.27. The number of rotatable bonds is 4. The Morgan fingerprint density at radius 1 is 1.15 bits per heavy atom. The highest BCUT2D eigenvalue weighted by atomic mass is 19.4. The molecule has 0 spiro atoms. The van der Waals surface area contributed by atoms with Crippen molar-refractivity contribution in [2.45, 2.75) is 12.2 Å². The predicted molar refractivity (Wildman–Crippen MR) is 83.2 cm³/mol. The minimum Gasteiger partial charge on any atom is -0.479 e. The summed E-state index contributed by atoms with van der Waals surface area (Å²) in [5.41, 5.74) is -0.631. The minimum absolute atomic E-state index is 0.000737. The van der Waals surface area contributed by atoms with Crippen molar-refractivity contribution in [3.05, 3.63) is 59.4 Å². The zero-order valence-corrected chi connectivity index (χ0v) is 12.9. The molecule has 3 N–H and O–H groups in total. The van der Waals surface area contributed by atoms with Crippen molar-refractivity contribution in [2.75, 3.05) is 0 Å². The quantitative estimate of drug-likeness (QED) is 0.659. The van der Waals surface area contributed by atoms with E-state index in [1.54, 1.807) is 12.1 Å². The van der Waals surface area contributed by atoms with Crippen LogP contribution in [0.1, 0.15) is 27.7 Å². The number of aromatic nitrogens is 3. The molecule has 0 saturated heterocycles. The van der Waals surface area contributed by atoms with Crippen molar-refractivity contribution < 1.29 is 27.9 Å². The monoisotopic (exact) mass is 364 g/mol. The van der Waals surface area contributed by atoms with Crippen LogP contribution in [0, 0.1) is 0 Å². The standard InChI is InChI=1S/C16H11F3N4O3/c17-16(18,19)9-5-3-8(4-6-9)11(15(25)26)21-14(24)12-10-2-1-7-20-13(10)23-22-12/h1-7,11H,(H,21,24)(H,25,26)(H,20,22,23). The Bertz CT molecular complexity index is 967. The topological polar surface area (TPSA) is 108 Å². The van der Waals surface area contributed by atoms with Gasteiger partial charge in [-0.15, -0.1) is 0 Å². The molecule has 1 unspecified atom stereocenters. The number of amides is 1. The van der Waals surface area contributed by atoms with Gasteiger partial charge in [0.05, 0.1) is 10.9 Å². The number of aromatic amines is 1. The molecular weight excluding hydrogens is 353 g/mol. The average molecular weight is 364 g/mol. The SMILES string of the molecule is O=C(NC(C(=O)O)c1ccc(C(F)(F)F)cc1)c1[nH]nc2ncccc12. The van der Waals surface area contributed by atoms with Crippen LogP contribution in [0.2, 0.25) is 0 Å². The van der Waals surface area contributed by atoms with Crippen LogP contribution in [0.25, 0.3) is 11.0 Å². The lowest BCUT2D eigenvalue weighted by Gasteiger charge is -2.15. The summed E-state index contributed by atoms with van der Waals surface area (Å²) in [5.74, 6) is -2.19. The molecule has 0 bridgehead atoms. The molecule has 0 aliphatic heterocycles. The molecule has 7 nitrogen and oxygen atoms in total. The van der Waals surface area contributed by atoms with E-state index in [-0.39, 0.29) is 16.9 Å². The van der Waals surface area contributed by atoms with Crippen molar-refractivity contribution in [2.24, 2.45) is 0 Å². The lowest BCUT2D eigenvalue weighted by molar-refractivity contribution is -0.139. The summed E-state index contributed by atoms with van der Waals surface area (Å²) in [6.07, 6.45) is -3.06. The van der Waals surface area contributed by atoms with E-state index in [4.69, 9.17) is 0 Å². The van der Waals surface area contributed by atoms with Crippen LogP contribution < -0.4 is 5.32 Å². The number of pyridine rings is 1. The molecule has 0 aliphatic carbocycles. The molecule has 1 amide bonds. The average Bonchev–Trinajstić information content (AvgIpc) is 3.03. The number of carboxylic acid groups (broad SMARTS) is 1. The molecule has 3 rings (SSSR count). The van der Waals surface area contributed by atoms with E-state index in [1.165, 1.54) is 6.20 Å². The second-order valence-electron chi connectivity index (χ2n) is 5.34. The highest BCUT2D eigenvalue weighted by molar-refractivity contribution is 6.05. The Labute approximate surface area is 143 Å². The van der Waals surface area contributed by atoms with Crippen LogP contribution in [-0.4, -0.2) is 32.2 Å². The van der Waals surface area contributed by atoms with Crippen molar-refractivity contribution in [3.63, 3.8) is 0 Å². The third-order valence-corrected chi connectivity index (χ3v) is 3.65. The van der Waals surface area contributed by atoms with Crippen molar-refractivity contribution >= 4 is 22.9 Å². The summed E-state index contributed by atoms with van der Waals surface area (Å²) < 4.78 is 37.9. The molecule has 26 heavy (non-hydrogen) atoms. The van der Waals surface area contributed by atoms with Crippen LogP contribution in [0.15, 0.2) is 42.6 Å². The molecular formula is C16H11F3N4O3. The van der Waals surface area contributed by atoms with E-state index in [1.807, 2.05) is 0 Å². The third-order valence-electron chi connectivity index (χ3n) is 3.65. The lowest BCUT2D eigenvalue weighted by atomic mass is 10.0. The van der Waals surface area contributed by atoms with Gasteiger partial charge in [0.2, 0.25) is 0 Å². The van der Waals surface area contributed by atoms with Gasteiger partial charge in [0.1, 0.15) is 5.69 Å². The fourth-order valence-electron chi connectivity index (χ4n) is 2.38. The van der Waals surface area contributed by atoms with E-state index in [2.05, 4.69) is 20.5 Å². The van der Waals surface area contributed by atoms with E-state index >= 15 is 0 Å². The fraction of sp³-hybridized carbons (Fsp3) is 0.125. The zero-order valence-electron chi connectivity index (χ0n) is 12.9. The van der Waals surface area contributed by atoms with E-state index < -0.39 is 29.7 Å². The van der Waals surface area contributed by atoms with Crippen LogP contribution in [0.4, 0.5) is 13.2 Å². The number of alkyl halides is 3. The molecule has 0 fully saturated rings. The third kappa shape index (κ3) is 3.34. The molecule has 1 aromatic carbocycles. The van der Waals surface area contributed by atoms with Gasteiger partial charge in [-0.3, -0.25) is 9.89 Å². The summed E-state index contributed by atoms with van der Waals surface area (Å²) in [6, 6.07) is 5.16. The number of nitrogens with one attached hydrogen (secondary N) is 2. The van der Waals surface area contributed by atoms with Gasteiger partial charge in [-0.2, -0.15) is 18.3 Å². The van der Waals surface area contributed by atoms with Crippen LogP contribution in [0.5, 0.6) is 0 Å². The first kappa shape index (κ1) is 17.4. The Morgan fingerprint density at radius 3 is 2.46 bits per heavy atom. The van der Waals surface area contributed by atoms with Gasteiger partial charge in [-0.25, -0.2) is 9.78 Å². The number of carbonyl (C=O) groups excluding carboxylic acids is 1. The number of carbonyl (C=O) groups is 2. The van der Waals surface area contributed by atoms with E-state index in [0.29, 0.717) is 5.39 Å². The Hall–Kier alpha value is -3.43. The molecule has 2 heterocycles. The van der Waals surface area contributed by atoms with Crippen LogP contribution >= 0.6 is 0 Å². The number of halogens is 3.